The summed E-state index contributed by atoms with van der Waals surface area (Å²) in [5.74, 6) is -1.89. The van der Waals surface area contributed by atoms with Crippen LogP contribution in [0.25, 0.3) is 11.1 Å². The van der Waals surface area contributed by atoms with Crippen molar-refractivity contribution >= 4 is 11.4 Å². The summed E-state index contributed by atoms with van der Waals surface area (Å²) in [6, 6.07) is 4.22. The minimum atomic E-state index is -4.74. The Morgan fingerprint density at radius 2 is 1.40 bits per heavy atom. The van der Waals surface area contributed by atoms with Crippen LogP contribution in [0.15, 0.2) is 30.3 Å². The first-order chi connectivity index (χ1) is 9.20. The molecule has 4 N–H and O–H groups in total. The summed E-state index contributed by atoms with van der Waals surface area (Å²) >= 11 is 0. The fraction of sp³-hybridized carbons (Fsp3) is 0.0769. The van der Waals surface area contributed by atoms with Crippen molar-refractivity contribution in [3.63, 3.8) is 0 Å². The highest BCUT2D eigenvalue weighted by molar-refractivity contribution is 5.72. The van der Waals surface area contributed by atoms with Crippen molar-refractivity contribution in [1.82, 2.24) is 0 Å². The van der Waals surface area contributed by atoms with Gasteiger partial charge in [0.2, 0.25) is 0 Å². The van der Waals surface area contributed by atoms with E-state index in [4.69, 9.17) is 11.5 Å². The first kappa shape index (κ1) is 14.1. The molecule has 0 unspecified atom stereocenters. The Kier molecular flexibility index (Phi) is 3.29. The van der Waals surface area contributed by atoms with E-state index in [2.05, 4.69) is 0 Å². The van der Waals surface area contributed by atoms with E-state index in [9.17, 15) is 22.0 Å². The van der Waals surface area contributed by atoms with E-state index >= 15 is 0 Å². The average molecular weight is 288 g/mol. The van der Waals surface area contributed by atoms with Crippen LogP contribution in [0.5, 0.6) is 0 Å². The zero-order valence-corrected chi connectivity index (χ0v) is 9.93. The lowest BCUT2D eigenvalue weighted by Gasteiger charge is -2.14. The van der Waals surface area contributed by atoms with Gasteiger partial charge in [-0.3, -0.25) is 0 Å². The van der Waals surface area contributed by atoms with Gasteiger partial charge >= 0.3 is 6.18 Å². The lowest BCUT2D eigenvalue weighted by molar-refractivity contribution is -0.137. The number of nitrogens with two attached hydrogens (primary N) is 2. The van der Waals surface area contributed by atoms with Crippen molar-refractivity contribution in [2.24, 2.45) is 0 Å². The van der Waals surface area contributed by atoms with E-state index in [1.807, 2.05) is 0 Å². The lowest BCUT2D eigenvalue weighted by Crippen LogP contribution is -2.09. The van der Waals surface area contributed by atoms with Crippen LogP contribution >= 0.6 is 0 Å². The number of halogens is 5. The number of hydrogen-bond donors (Lipinski definition) is 2. The second-order valence-electron chi connectivity index (χ2n) is 4.15. The zero-order chi connectivity index (χ0) is 15.1. The maximum atomic E-state index is 13.4. The Hall–Kier alpha value is -2.31. The second-order valence-corrected chi connectivity index (χ2v) is 4.15. The second kappa shape index (κ2) is 4.66. The Bertz CT molecular complexity index is 665. The van der Waals surface area contributed by atoms with Crippen LogP contribution in [-0.2, 0) is 6.18 Å². The van der Waals surface area contributed by atoms with Gasteiger partial charge in [-0.05, 0) is 35.4 Å². The monoisotopic (exact) mass is 288 g/mol. The molecule has 2 aromatic rings. The standard InChI is InChI=1S/C13H9F5N2/c14-9-3-6(1-2-11(9)19)7-4-10(15)12(20)5-8(7)13(16,17)18/h1-5H,19-20H2. The van der Waals surface area contributed by atoms with Crippen LogP contribution in [0.4, 0.5) is 33.3 Å². The van der Waals surface area contributed by atoms with Crippen LogP contribution < -0.4 is 11.5 Å². The van der Waals surface area contributed by atoms with Gasteiger partial charge in [-0.25, -0.2) is 8.78 Å². The van der Waals surface area contributed by atoms with Gasteiger partial charge in [0.1, 0.15) is 11.6 Å². The molecule has 0 heterocycles. The molecule has 106 valence electrons. The van der Waals surface area contributed by atoms with Crippen molar-refractivity contribution < 1.29 is 22.0 Å². The van der Waals surface area contributed by atoms with E-state index in [1.54, 1.807) is 0 Å². The van der Waals surface area contributed by atoms with Crippen molar-refractivity contribution in [3.8, 4) is 11.1 Å². The van der Waals surface area contributed by atoms with E-state index in [0.29, 0.717) is 12.1 Å². The summed E-state index contributed by atoms with van der Waals surface area (Å²) in [6.45, 7) is 0. The summed E-state index contributed by atoms with van der Waals surface area (Å²) in [7, 11) is 0. The molecule has 0 atom stereocenters. The van der Waals surface area contributed by atoms with Gasteiger partial charge in [0.25, 0.3) is 0 Å². The van der Waals surface area contributed by atoms with Crippen LogP contribution in [-0.4, -0.2) is 0 Å². The van der Waals surface area contributed by atoms with Gasteiger partial charge in [-0.15, -0.1) is 0 Å². The van der Waals surface area contributed by atoms with Gasteiger partial charge in [-0.1, -0.05) is 6.07 Å². The average Bonchev–Trinajstić information content (AvgIpc) is 2.34. The number of alkyl halides is 3. The summed E-state index contributed by atoms with van der Waals surface area (Å²) in [5.41, 5.74) is 7.79. The predicted molar refractivity (Wildman–Crippen MR) is 65.6 cm³/mol. The quantitative estimate of drug-likeness (QED) is 0.619. The third-order valence-electron chi connectivity index (χ3n) is 2.75. The van der Waals surface area contributed by atoms with Crippen molar-refractivity contribution in [2.75, 3.05) is 11.5 Å². The van der Waals surface area contributed by atoms with E-state index in [-0.39, 0.29) is 11.3 Å². The maximum absolute atomic E-state index is 13.4. The SMILES string of the molecule is Nc1ccc(-c2cc(F)c(N)cc2C(F)(F)F)cc1F. The molecule has 7 heteroatoms. The van der Waals surface area contributed by atoms with Crippen molar-refractivity contribution in [1.29, 1.82) is 0 Å². The zero-order valence-electron chi connectivity index (χ0n) is 9.93. The third-order valence-corrected chi connectivity index (χ3v) is 2.75. The fourth-order valence-corrected chi connectivity index (χ4v) is 1.76. The molecule has 2 nitrogen and oxygen atoms in total. The van der Waals surface area contributed by atoms with Gasteiger partial charge in [-0.2, -0.15) is 13.2 Å². The molecule has 0 aliphatic heterocycles. The topological polar surface area (TPSA) is 52.0 Å². The number of nitrogen functional groups attached to an aromatic ring is 2. The number of anilines is 2. The first-order valence-electron chi connectivity index (χ1n) is 5.41. The Morgan fingerprint density at radius 1 is 0.800 bits per heavy atom. The highest BCUT2D eigenvalue weighted by Crippen LogP contribution is 2.39. The number of rotatable bonds is 1. The smallest absolute Gasteiger partial charge is 0.396 e. The molecule has 0 aliphatic rings. The Balaban J connectivity index is 2.72. The predicted octanol–water partition coefficient (Wildman–Crippen LogP) is 3.82. The molecule has 2 aromatic carbocycles. The van der Waals surface area contributed by atoms with E-state index in [0.717, 1.165) is 12.1 Å². The molecular weight excluding hydrogens is 279 g/mol. The third kappa shape index (κ3) is 2.52. The summed E-state index contributed by atoms with van der Waals surface area (Å²) in [5, 5.41) is 0. The highest BCUT2D eigenvalue weighted by Gasteiger charge is 2.34. The lowest BCUT2D eigenvalue weighted by atomic mass is 9.98. The number of hydrogen-bond acceptors (Lipinski definition) is 2. The molecule has 0 aromatic heterocycles. The molecule has 20 heavy (non-hydrogen) atoms. The molecule has 0 radical (unpaired) electrons. The van der Waals surface area contributed by atoms with Crippen molar-refractivity contribution in [2.45, 2.75) is 6.18 Å². The Morgan fingerprint density at radius 3 is 1.95 bits per heavy atom. The highest BCUT2D eigenvalue weighted by atomic mass is 19.4. The normalized spacial score (nSPS) is 11.7. The molecule has 0 aliphatic carbocycles. The minimum Gasteiger partial charge on any atom is -0.396 e. The summed E-state index contributed by atoms with van der Waals surface area (Å²) < 4.78 is 65.5. The first-order valence-corrected chi connectivity index (χ1v) is 5.41. The Labute approximate surface area is 110 Å². The summed E-state index contributed by atoms with van der Waals surface area (Å²) in [6.07, 6.45) is -4.74. The molecular formula is C13H9F5N2. The van der Waals surface area contributed by atoms with Gasteiger partial charge in [0.05, 0.1) is 16.9 Å². The van der Waals surface area contributed by atoms with Crippen molar-refractivity contribution in [3.05, 3.63) is 47.5 Å². The van der Waals surface area contributed by atoms with Gasteiger partial charge in [0.15, 0.2) is 0 Å². The molecule has 0 saturated heterocycles. The van der Waals surface area contributed by atoms with E-state index < -0.39 is 34.6 Å². The fourth-order valence-electron chi connectivity index (χ4n) is 1.76. The minimum absolute atomic E-state index is 0.136. The van der Waals surface area contributed by atoms with Crippen LogP contribution in [0.3, 0.4) is 0 Å². The largest absolute Gasteiger partial charge is 0.417 e. The van der Waals surface area contributed by atoms with Gasteiger partial charge in [0, 0.05) is 0 Å². The molecule has 0 fully saturated rings. The molecule has 0 saturated carbocycles. The van der Waals surface area contributed by atoms with Gasteiger partial charge < -0.3 is 11.5 Å². The molecule has 0 bridgehead atoms. The molecule has 0 spiro atoms. The summed E-state index contributed by atoms with van der Waals surface area (Å²) in [4.78, 5) is 0. The number of benzene rings is 2. The maximum Gasteiger partial charge on any atom is 0.417 e. The van der Waals surface area contributed by atoms with Crippen LogP contribution in [0, 0.1) is 11.6 Å². The molecule has 0 amide bonds. The van der Waals surface area contributed by atoms with Crippen LogP contribution in [0.2, 0.25) is 0 Å². The van der Waals surface area contributed by atoms with Crippen LogP contribution in [0.1, 0.15) is 5.56 Å². The van der Waals surface area contributed by atoms with E-state index in [1.165, 1.54) is 6.07 Å². The molecule has 2 rings (SSSR count).